The molecular weight excluding hydrogens is 383 g/mol. The molecule has 2 aromatic heterocycles. The van der Waals surface area contributed by atoms with Gasteiger partial charge in [0, 0.05) is 6.04 Å². The van der Waals surface area contributed by atoms with E-state index in [1.807, 2.05) is 4.57 Å². The normalized spacial score (nSPS) is 23.8. The Morgan fingerprint density at radius 1 is 1.27 bits per heavy atom. The van der Waals surface area contributed by atoms with Crippen molar-refractivity contribution in [1.82, 2.24) is 19.5 Å². The number of fused-ring (bicyclic) bond motifs is 1. The summed E-state index contributed by atoms with van der Waals surface area (Å²) in [5, 5.41) is 10.7. The summed E-state index contributed by atoms with van der Waals surface area (Å²) in [6.07, 6.45) is 2.56. The van der Waals surface area contributed by atoms with Gasteiger partial charge in [0.2, 0.25) is 0 Å². The van der Waals surface area contributed by atoms with Crippen LogP contribution in [0.25, 0.3) is 11.2 Å². The number of imidazole rings is 1. The Bertz CT molecular complexity index is 793. The maximum atomic E-state index is 12.5. The van der Waals surface area contributed by atoms with Gasteiger partial charge in [0.1, 0.15) is 18.2 Å². The molecule has 0 aromatic carbocycles. The molecule has 0 radical (unpaired) electrons. The molecule has 0 saturated heterocycles. The summed E-state index contributed by atoms with van der Waals surface area (Å²) in [5.41, 5.74) is 1.13. The summed E-state index contributed by atoms with van der Waals surface area (Å²) in [6, 6.07) is -0.0814. The summed E-state index contributed by atoms with van der Waals surface area (Å²) in [4.78, 5) is 12.3. The summed E-state index contributed by atoms with van der Waals surface area (Å²) in [7, 11) is -3.32. The van der Waals surface area contributed by atoms with Gasteiger partial charge in [0.25, 0.3) is 0 Å². The quantitative estimate of drug-likeness (QED) is 0.528. The van der Waals surface area contributed by atoms with Crippen LogP contribution in [0.5, 0.6) is 0 Å². The minimum atomic E-state index is -3.32. The van der Waals surface area contributed by atoms with Gasteiger partial charge in [-0.15, -0.1) is 0 Å². The van der Waals surface area contributed by atoms with Crippen molar-refractivity contribution in [2.45, 2.75) is 44.9 Å². The SMILES string of the molecule is CCOP(=O)(CO[C@H]1C[C@@H](n2cnc3ncnc(Cl)c32)C[C@@H]1O)OCC. The Hall–Kier alpha value is -1.09. The average Bonchev–Trinajstić information content (AvgIpc) is 3.18. The molecule has 2 aromatic rings. The van der Waals surface area contributed by atoms with Gasteiger partial charge in [-0.05, 0) is 26.7 Å². The minimum absolute atomic E-state index is 0.0814. The third-order valence-electron chi connectivity index (χ3n) is 4.26. The van der Waals surface area contributed by atoms with Crippen LogP contribution in [-0.4, -0.2) is 56.4 Å². The number of ether oxygens (including phenoxy) is 1. The van der Waals surface area contributed by atoms with Gasteiger partial charge in [-0.1, -0.05) is 11.6 Å². The molecule has 11 heteroatoms. The highest BCUT2D eigenvalue weighted by Gasteiger charge is 2.37. The molecular formula is C15H22ClN4O5P. The van der Waals surface area contributed by atoms with Crippen LogP contribution in [0.3, 0.4) is 0 Å². The number of aliphatic hydroxyl groups is 1. The number of aromatic nitrogens is 4. The fraction of sp³-hybridized carbons (Fsp3) is 0.667. The number of hydrogen-bond acceptors (Lipinski definition) is 8. The molecule has 3 rings (SSSR count). The fourth-order valence-corrected chi connectivity index (χ4v) is 4.78. The Kier molecular flexibility index (Phi) is 6.27. The lowest BCUT2D eigenvalue weighted by molar-refractivity contribution is -0.00712. The fourth-order valence-electron chi connectivity index (χ4n) is 3.17. The molecule has 144 valence electrons. The van der Waals surface area contributed by atoms with E-state index in [4.69, 9.17) is 25.4 Å². The number of halogens is 1. The number of nitrogens with zero attached hydrogens (tertiary/aromatic N) is 4. The highest BCUT2D eigenvalue weighted by Crippen LogP contribution is 2.49. The van der Waals surface area contributed by atoms with Crippen LogP contribution in [-0.2, 0) is 18.3 Å². The largest absolute Gasteiger partial charge is 0.390 e. The van der Waals surface area contributed by atoms with E-state index in [1.165, 1.54) is 6.33 Å². The van der Waals surface area contributed by atoms with Crippen molar-refractivity contribution in [3.8, 4) is 0 Å². The summed E-state index contributed by atoms with van der Waals surface area (Å²) in [5.74, 6) is 0. The number of aliphatic hydroxyl groups excluding tert-OH is 1. The first-order valence-electron chi connectivity index (χ1n) is 8.48. The molecule has 0 unspecified atom stereocenters. The predicted octanol–water partition coefficient (Wildman–Crippen LogP) is 2.78. The van der Waals surface area contributed by atoms with Gasteiger partial charge < -0.3 is 23.5 Å². The maximum absolute atomic E-state index is 12.5. The second-order valence-electron chi connectivity index (χ2n) is 5.96. The first-order valence-corrected chi connectivity index (χ1v) is 10.6. The van der Waals surface area contributed by atoms with E-state index < -0.39 is 19.8 Å². The van der Waals surface area contributed by atoms with E-state index in [1.54, 1.807) is 20.2 Å². The van der Waals surface area contributed by atoms with E-state index in [2.05, 4.69) is 15.0 Å². The van der Waals surface area contributed by atoms with Gasteiger partial charge in [0.15, 0.2) is 10.8 Å². The molecule has 1 aliphatic carbocycles. The van der Waals surface area contributed by atoms with E-state index in [0.717, 1.165) is 0 Å². The Balaban J connectivity index is 1.70. The van der Waals surface area contributed by atoms with E-state index >= 15 is 0 Å². The van der Waals surface area contributed by atoms with Crippen LogP contribution in [0, 0.1) is 0 Å². The lowest BCUT2D eigenvalue weighted by atomic mass is 10.2. The monoisotopic (exact) mass is 404 g/mol. The first kappa shape index (κ1) is 19.7. The second-order valence-corrected chi connectivity index (χ2v) is 8.32. The molecule has 9 nitrogen and oxygen atoms in total. The van der Waals surface area contributed by atoms with Crippen molar-refractivity contribution in [1.29, 1.82) is 0 Å². The Morgan fingerprint density at radius 3 is 2.69 bits per heavy atom. The van der Waals surface area contributed by atoms with Crippen LogP contribution >= 0.6 is 19.2 Å². The molecule has 1 saturated carbocycles. The van der Waals surface area contributed by atoms with E-state index in [9.17, 15) is 9.67 Å². The Labute approximate surface area is 156 Å². The van der Waals surface area contributed by atoms with Crippen LogP contribution in [0.15, 0.2) is 12.7 Å². The molecule has 26 heavy (non-hydrogen) atoms. The van der Waals surface area contributed by atoms with Crippen LogP contribution in [0.4, 0.5) is 0 Å². The van der Waals surface area contributed by atoms with Crippen molar-refractivity contribution in [2.24, 2.45) is 0 Å². The lowest BCUT2D eigenvalue weighted by Gasteiger charge is -2.21. The second kappa shape index (κ2) is 8.29. The highest BCUT2D eigenvalue weighted by atomic mass is 35.5. The van der Waals surface area contributed by atoms with Gasteiger partial charge in [-0.3, -0.25) is 4.57 Å². The zero-order valence-corrected chi connectivity index (χ0v) is 16.3. The highest BCUT2D eigenvalue weighted by molar-refractivity contribution is 7.53. The third kappa shape index (κ3) is 4.08. The topological polar surface area (TPSA) is 109 Å². The van der Waals surface area contributed by atoms with Gasteiger partial charge >= 0.3 is 7.60 Å². The van der Waals surface area contributed by atoms with E-state index in [-0.39, 0.29) is 25.6 Å². The van der Waals surface area contributed by atoms with Gasteiger partial charge in [-0.2, -0.15) is 0 Å². The zero-order chi connectivity index (χ0) is 18.7. The number of rotatable bonds is 8. The van der Waals surface area contributed by atoms with Crippen molar-refractivity contribution >= 4 is 30.4 Å². The average molecular weight is 405 g/mol. The molecule has 1 N–H and O–H groups in total. The van der Waals surface area contributed by atoms with Crippen LogP contribution in [0.2, 0.25) is 5.15 Å². The molecule has 3 atom stereocenters. The summed E-state index contributed by atoms with van der Waals surface area (Å²) in [6.45, 7) is 4.00. The Morgan fingerprint density at radius 2 is 2.00 bits per heavy atom. The zero-order valence-electron chi connectivity index (χ0n) is 14.6. The van der Waals surface area contributed by atoms with Gasteiger partial charge in [0.05, 0.1) is 31.7 Å². The van der Waals surface area contributed by atoms with Gasteiger partial charge in [-0.25, -0.2) is 15.0 Å². The van der Waals surface area contributed by atoms with Crippen molar-refractivity contribution in [3.05, 3.63) is 17.8 Å². The first-order chi connectivity index (χ1) is 12.5. The molecule has 0 amide bonds. The molecule has 2 heterocycles. The minimum Gasteiger partial charge on any atom is -0.390 e. The van der Waals surface area contributed by atoms with Crippen molar-refractivity contribution in [2.75, 3.05) is 19.6 Å². The number of hydrogen-bond donors (Lipinski definition) is 1. The van der Waals surface area contributed by atoms with Crippen molar-refractivity contribution in [3.63, 3.8) is 0 Å². The molecule has 1 fully saturated rings. The van der Waals surface area contributed by atoms with E-state index in [0.29, 0.717) is 29.2 Å². The molecule has 0 spiro atoms. The molecule has 0 aliphatic heterocycles. The summed E-state index contributed by atoms with van der Waals surface area (Å²) >= 11 is 6.17. The van der Waals surface area contributed by atoms with Crippen LogP contribution < -0.4 is 0 Å². The maximum Gasteiger partial charge on any atom is 0.356 e. The smallest absolute Gasteiger partial charge is 0.356 e. The lowest BCUT2D eigenvalue weighted by Crippen LogP contribution is -2.23. The summed E-state index contributed by atoms with van der Waals surface area (Å²) < 4.78 is 30.5. The van der Waals surface area contributed by atoms with Crippen molar-refractivity contribution < 1.29 is 23.5 Å². The molecule has 0 bridgehead atoms. The van der Waals surface area contributed by atoms with Crippen LogP contribution in [0.1, 0.15) is 32.7 Å². The standard InChI is InChI=1S/C15H22ClN4O5P/c1-3-24-26(22,25-4-2)9-23-12-6-10(5-11(12)21)20-8-19-15-13(20)14(16)17-7-18-15/h7-8,10-12,21H,3-6,9H2,1-2H3/t10-,11-,12-/m0/s1. The molecule has 1 aliphatic rings. The third-order valence-corrected chi connectivity index (χ3v) is 6.30. The predicted molar refractivity (Wildman–Crippen MR) is 95.2 cm³/mol.